The Morgan fingerprint density at radius 2 is 1.64 bits per heavy atom. The monoisotopic (exact) mass is 310 g/mol. The van der Waals surface area contributed by atoms with Crippen molar-refractivity contribution in [3.05, 3.63) is 65.4 Å². The number of nitrogens with zero attached hydrogens (tertiary/aromatic N) is 1. The van der Waals surface area contributed by atoms with Crippen molar-refractivity contribution in [2.75, 3.05) is 16.2 Å². The number of hydrogen-bond acceptors (Lipinski definition) is 3. The van der Waals surface area contributed by atoms with Crippen molar-refractivity contribution in [1.82, 2.24) is 0 Å². The highest BCUT2D eigenvalue weighted by molar-refractivity contribution is 6.41. The molecular formula is C17H11ClN2O2. The number of para-hydroxylation sites is 2. The smallest absolute Gasteiger partial charge is 0.262 e. The van der Waals surface area contributed by atoms with Gasteiger partial charge in [0.2, 0.25) is 5.78 Å². The van der Waals surface area contributed by atoms with Crippen LogP contribution in [0.15, 0.2) is 54.2 Å². The first-order valence-electron chi connectivity index (χ1n) is 6.84. The van der Waals surface area contributed by atoms with E-state index in [4.69, 9.17) is 11.6 Å². The summed E-state index contributed by atoms with van der Waals surface area (Å²) in [5.74, 6) is -0.412. The number of alkyl halides is 1. The zero-order valence-electron chi connectivity index (χ0n) is 11.5. The summed E-state index contributed by atoms with van der Waals surface area (Å²) in [4.78, 5) is 26.7. The van der Waals surface area contributed by atoms with Crippen LogP contribution in [0.1, 0.15) is 15.9 Å². The molecule has 0 atom stereocenters. The molecule has 1 N–H and O–H groups in total. The number of fused-ring (bicyclic) bond motifs is 2. The number of carbonyl (C=O) groups is 2. The largest absolute Gasteiger partial charge is 0.351 e. The van der Waals surface area contributed by atoms with Crippen LogP contribution in [0.4, 0.5) is 11.4 Å². The van der Waals surface area contributed by atoms with Crippen molar-refractivity contribution in [1.29, 1.82) is 0 Å². The molecule has 0 aromatic heterocycles. The minimum absolute atomic E-state index is 0.0494. The van der Waals surface area contributed by atoms with Gasteiger partial charge in [-0.25, -0.2) is 0 Å². The summed E-state index contributed by atoms with van der Waals surface area (Å²) in [5, 5.41) is 3.08. The number of halogens is 1. The van der Waals surface area contributed by atoms with E-state index in [2.05, 4.69) is 5.32 Å². The molecule has 2 aromatic carbocycles. The second-order valence-corrected chi connectivity index (χ2v) is 5.36. The third kappa shape index (κ3) is 1.64. The van der Waals surface area contributed by atoms with E-state index in [1.54, 1.807) is 6.07 Å². The van der Waals surface area contributed by atoms with Crippen LogP contribution in [-0.2, 0) is 4.79 Å². The number of allylic oxidation sites excluding steroid dienone is 1. The van der Waals surface area contributed by atoms with E-state index in [1.807, 2.05) is 42.5 Å². The lowest BCUT2D eigenvalue weighted by Crippen LogP contribution is -2.25. The maximum absolute atomic E-state index is 12.7. The first kappa shape index (κ1) is 13.1. The Morgan fingerprint density at radius 1 is 0.955 bits per heavy atom. The Bertz CT molecular complexity index is 857. The summed E-state index contributed by atoms with van der Waals surface area (Å²) in [7, 11) is 0. The molecule has 108 valence electrons. The van der Waals surface area contributed by atoms with Crippen molar-refractivity contribution >= 4 is 40.2 Å². The molecule has 4 rings (SSSR count). The van der Waals surface area contributed by atoms with Gasteiger partial charge in [0.15, 0.2) is 0 Å². The number of nitrogens with one attached hydrogen (secondary N) is 1. The summed E-state index contributed by atoms with van der Waals surface area (Å²) in [6.45, 7) is 0. The van der Waals surface area contributed by atoms with Crippen LogP contribution < -0.4 is 10.2 Å². The van der Waals surface area contributed by atoms with Gasteiger partial charge in [-0.2, -0.15) is 0 Å². The molecule has 0 saturated heterocycles. The van der Waals surface area contributed by atoms with Gasteiger partial charge in [-0.05, 0) is 18.2 Å². The minimum atomic E-state index is -0.250. The van der Waals surface area contributed by atoms with E-state index in [-0.39, 0.29) is 17.7 Å². The average molecular weight is 311 g/mol. The fourth-order valence-corrected chi connectivity index (χ4v) is 3.17. The Balaban J connectivity index is 1.94. The number of ketones is 1. The Morgan fingerprint density at radius 3 is 2.36 bits per heavy atom. The highest BCUT2D eigenvalue weighted by atomic mass is 35.5. The molecular weight excluding hydrogens is 300 g/mol. The number of anilines is 2. The van der Waals surface area contributed by atoms with Crippen LogP contribution in [0.5, 0.6) is 0 Å². The molecule has 2 heterocycles. The van der Waals surface area contributed by atoms with Gasteiger partial charge >= 0.3 is 0 Å². The van der Waals surface area contributed by atoms with Crippen molar-refractivity contribution in [2.24, 2.45) is 0 Å². The summed E-state index contributed by atoms with van der Waals surface area (Å²) >= 11 is 5.91. The molecule has 0 saturated carbocycles. The predicted molar refractivity (Wildman–Crippen MR) is 86.0 cm³/mol. The zero-order chi connectivity index (χ0) is 15.3. The van der Waals surface area contributed by atoms with Gasteiger partial charge in [0.05, 0.1) is 11.3 Å². The Hall–Kier alpha value is -2.59. The Kier molecular flexibility index (Phi) is 2.81. The van der Waals surface area contributed by atoms with E-state index < -0.39 is 0 Å². The average Bonchev–Trinajstić information content (AvgIpc) is 3.01. The lowest BCUT2D eigenvalue weighted by Gasteiger charge is -2.12. The third-order valence-corrected chi connectivity index (χ3v) is 4.19. The van der Waals surface area contributed by atoms with Gasteiger partial charge in [-0.1, -0.05) is 30.3 Å². The summed E-state index contributed by atoms with van der Waals surface area (Å²) in [6, 6.07) is 14.6. The molecule has 0 fully saturated rings. The minimum Gasteiger partial charge on any atom is -0.351 e. The number of benzene rings is 2. The summed E-state index contributed by atoms with van der Waals surface area (Å²) < 4.78 is 0. The first-order chi connectivity index (χ1) is 10.7. The first-order valence-corrected chi connectivity index (χ1v) is 7.38. The highest BCUT2D eigenvalue weighted by Gasteiger charge is 2.38. The van der Waals surface area contributed by atoms with Crippen LogP contribution in [0, 0.1) is 0 Å². The lowest BCUT2D eigenvalue weighted by atomic mass is 10.0. The maximum Gasteiger partial charge on any atom is 0.262 e. The van der Waals surface area contributed by atoms with E-state index in [9.17, 15) is 9.59 Å². The normalized spacial score (nSPS) is 19.2. The van der Waals surface area contributed by atoms with Crippen molar-refractivity contribution in [2.45, 2.75) is 0 Å². The number of rotatable bonds is 1. The number of amides is 1. The van der Waals surface area contributed by atoms with Crippen LogP contribution in [0.2, 0.25) is 0 Å². The van der Waals surface area contributed by atoms with Crippen molar-refractivity contribution in [3.8, 4) is 0 Å². The molecule has 22 heavy (non-hydrogen) atoms. The standard InChI is InChI=1S/C17H11ClN2O2/c18-9-20-13-8-4-2-6-11(13)14(17(20)22)15-16(21)10-5-1-3-7-12(10)19-15/h1-8,19H,9H2/b15-14-. The van der Waals surface area contributed by atoms with E-state index in [0.717, 1.165) is 16.9 Å². The fourth-order valence-electron chi connectivity index (χ4n) is 2.93. The zero-order valence-corrected chi connectivity index (χ0v) is 12.2. The van der Waals surface area contributed by atoms with Crippen LogP contribution in [-0.4, -0.2) is 17.7 Å². The van der Waals surface area contributed by atoms with Gasteiger partial charge in [-0.15, -0.1) is 11.6 Å². The summed E-state index contributed by atoms with van der Waals surface area (Å²) in [6.07, 6.45) is 0. The van der Waals surface area contributed by atoms with E-state index >= 15 is 0 Å². The Labute approximate surface area is 132 Å². The van der Waals surface area contributed by atoms with Crippen molar-refractivity contribution < 1.29 is 9.59 Å². The SMILES string of the molecule is O=C1/C(=C2/C(=O)N(CCl)c3ccccc32)Nc2ccccc21. The molecule has 2 aliphatic heterocycles. The van der Waals surface area contributed by atoms with E-state index in [1.165, 1.54) is 4.90 Å². The molecule has 0 unspecified atom stereocenters. The second kappa shape index (κ2) is 4.71. The van der Waals surface area contributed by atoms with Crippen LogP contribution in [0.3, 0.4) is 0 Å². The van der Waals surface area contributed by atoms with Gasteiger partial charge < -0.3 is 5.32 Å². The van der Waals surface area contributed by atoms with Gasteiger partial charge in [0.1, 0.15) is 11.7 Å². The molecule has 1 amide bonds. The highest BCUT2D eigenvalue weighted by Crippen LogP contribution is 2.41. The van der Waals surface area contributed by atoms with Crippen LogP contribution >= 0.6 is 11.6 Å². The van der Waals surface area contributed by atoms with Crippen molar-refractivity contribution in [3.63, 3.8) is 0 Å². The lowest BCUT2D eigenvalue weighted by molar-refractivity contribution is -0.112. The topological polar surface area (TPSA) is 49.4 Å². The molecule has 5 heteroatoms. The predicted octanol–water partition coefficient (Wildman–Crippen LogP) is 3.25. The van der Waals surface area contributed by atoms with Gasteiger partial charge in [0, 0.05) is 16.8 Å². The van der Waals surface area contributed by atoms with Gasteiger partial charge in [-0.3, -0.25) is 14.5 Å². The molecule has 0 bridgehead atoms. The summed E-state index contributed by atoms with van der Waals surface area (Å²) in [5.41, 5.74) is 3.49. The number of carbonyl (C=O) groups excluding carboxylic acids is 2. The number of hydrogen-bond donors (Lipinski definition) is 1. The molecule has 4 nitrogen and oxygen atoms in total. The van der Waals surface area contributed by atoms with E-state index in [0.29, 0.717) is 16.8 Å². The molecule has 0 radical (unpaired) electrons. The molecule has 2 aliphatic rings. The maximum atomic E-state index is 12.7. The number of Topliss-reactive ketones (excluding diaryl/α,β-unsaturated/α-hetero) is 1. The quantitative estimate of drug-likeness (QED) is 0.500. The van der Waals surface area contributed by atoms with Crippen LogP contribution in [0.25, 0.3) is 5.57 Å². The third-order valence-electron chi connectivity index (χ3n) is 3.95. The van der Waals surface area contributed by atoms with Gasteiger partial charge in [0.25, 0.3) is 5.91 Å². The molecule has 0 spiro atoms. The fraction of sp³-hybridized carbons (Fsp3) is 0.0588. The second-order valence-electron chi connectivity index (χ2n) is 5.12. The molecule has 2 aromatic rings. The molecule has 0 aliphatic carbocycles.